The molecule has 2 saturated heterocycles. The highest BCUT2D eigenvalue weighted by Crippen LogP contribution is 2.56. The number of β-lactam (4-membered cyclic amide) rings is 1. The van der Waals surface area contributed by atoms with Crippen LogP contribution in [0.5, 0.6) is 0 Å². The van der Waals surface area contributed by atoms with Gasteiger partial charge in [0.05, 0.1) is 0 Å². The smallest absolute Gasteiger partial charge is 0.260 e. The summed E-state index contributed by atoms with van der Waals surface area (Å²) < 4.78 is -0.330. The van der Waals surface area contributed by atoms with Crippen LogP contribution in [0.4, 0.5) is 0 Å². The Hall–Kier alpha value is -2.50. The molecule has 6 N–H and O–H groups in total. The van der Waals surface area contributed by atoms with E-state index in [9.17, 15) is 9.59 Å². The maximum Gasteiger partial charge on any atom is 0.260 e. The summed E-state index contributed by atoms with van der Waals surface area (Å²) in [7, 11) is 0. The third-order valence-corrected chi connectivity index (χ3v) is 6.55. The van der Waals surface area contributed by atoms with Crippen LogP contribution in [0.15, 0.2) is 30.3 Å². The molecule has 11 heteroatoms. The van der Waals surface area contributed by atoms with E-state index in [2.05, 4.69) is 25.9 Å². The highest BCUT2D eigenvalue weighted by molar-refractivity contribution is 8.01. The minimum Gasteiger partial charge on any atom is -0.339 e. The van der Waals surface area contributed by atoms with Gasteiger partial charge in [-0.25, -0.2) is 5.10 Å². The number of nitrogens with zero attached hydrogens (tertiary/aromatic N) is 4. The molecule has 0 saturated carbocycles. The molecule has 4 rings (SSSR count). The molecule has 2 fully saturated rings. The second-order valence-electron chi connectivity index (χ2n) is 7.23. The lowest BCUT2D eigenvalue weighted by Gasteiger charge is -2.44. The monoisotopic (exact) mass is 388 g/mol. The number of carbonyl (C=O) groups excluding carboxylic acids is 2. The van der Waals surface area contributed by atoms with E-state index < -0.39 is 17.6 Å². The first kappa shape index (κ1) is 17.9. The molecule has 10 nitrogen and oxygen atoms in total. The van der Waals surface area contributed by atoms with Crippen LogP contribution >= 0.6 is 11.8 Å². The fourth-order valence-corrected chi connectivity index (χ4v) is 5.21. The van der Waals surface area contributed by atoms with Crippen molar-refractivity contribution in [3.8, 4) is 0 Å². The number of thioether (sulfide) groups is 1. The average Bonchev–Trinajstić information content (AvgIpc) is 3.24. The van der Waals surface area contributed by atoms with Crippen LogP contribution in [-0.2, 0) is 15.3 Å². The van der Waals surface area contributed by atoms with Gasteiger partial charge in [-0.15, -0.1) is 16.9 Å². The Balaban J connectivity index is 1.53. The fraction of sp³-hybridized carbons (Fsp3) is 0.438. The Bertz CT molecular complexity index is 870. The van der Waals surface area contributed by atoms with E-state index >= 15 is 0 Å². The van der Waals surface area contributed by atoms with Crippen LogP contribution in [0.2, 0.25) is 0 Å². The van der Waals surface area contributed by atoms with Gasteiger partial charge in [0.1, 0.15) is 17.5 Å². The molecule has 1 aromatic heterocycles. The topological polar surface area (TPSA) is 156 Å². The summed E-state index contributed by atoms with van der Waals surface area (Å²) in [6.45, 7) is 4.02. The number of aromatic nitrogens is 4. The van der Waals surface area contributed by atoms with E-state index in [1.165, 1.54) is 0 Å². The third-order valence-electron chi connectivity index (χ3n) is 4.98. The number of fused-ring (bicyclic) bond motifs is 1. The number of benzene rings is 1. The molecule has 2 amide bonds. The minimum atomic E-state index is -1.73. The lowest BCUT2D eigenvalue weighted by molar-refractivity contribution is -0.152. The molecule has 0 radical (unpaired) electrons. The van der Waals surface area contributed by atoms with Gasteiger partial charge in [-0.1, -0.05) is 30.3 Å². The number of nitrogens with two attached hydrogens (primary N) is 2. The maximum atomic E-state index is 12.8. The Morgan fingerprint density at radius 2 is 2.04 bits per heavy atom. The number of rotatable bonds is 4. The average molecular weight is 388 g/mol. The van der Waals surface area contributed by atoms with Crippen molar-refractivity contribution in [1.29, 1.82) is 0 Å². The van der Waals surface area contributed by atoms with Crippen molar-refractivity contribution in [2.24, 2.45) is 11.5 Å². The Kier molecular flexibility index (Phi) is 3.98. The molecular weight excluding hydrogens is 368 g/mol. The zero-order valence-electron chi connectivity index (χ0n) is 14.8. The number of amides is 2. The number of carbonyl (C=O) groups is 2. The first-order valence-corrected chi connectivity index (χ1v) is 9.29. The predicted octanol–water partition coefficient (Wildman–Crippen LogP) is -0.810. The van der Waals surface area contributed by atoms with Gasteiger partial charge >= 0.3 is 0 Å². The van der Waals surface area contributed by atoms with Crippen LogP contribution in [0.1, 0.15) is 31.3 Å². The predicted molar refractivity (Wildman–Crippen MR) is 97.6 cm³/mol. The van der Waals surface area contributed by atoms with Gasteiger partial charge < -0.3 is 21.7 Å². The second kappa shape index (κ2) is 6.01. The molecule has 3 unspecified atom stereocenters. The normalized spacial score (nSPS) is 26.4. The number of hydrogen-bond acceptors (Lipinski definition) is 8. The van der Waals surface area contributed by atoms with Crippen molar-refractivity contribution in [2.45, 2.75) is 41.7 Å². The van der Waals surface area contributed by atoms with Crippen LogP contribution in [-0.4, -0.2) is 53.5 Å². The highest BCUT2D eigenvalue weighted by Gasteiger charge is 2.63. The van der Waals surface area contributed by atoms with E-state index in [1.807, 2.05) is 13.8 Å². The van der Waals surface area contributed by atoms with E-state index in [1.54, 1.807) is 47.0 Å². The largest absolute Gasteiger partial charge is 0.339 e. The number of aromatic amines is 1. The van der Waals surface area contributed by atoms with E-state index in [0.29, 0.717) is 11.4 Å². The molecule has 27 heavy (non-hydrogen) atoms. The van der Waals surface area contributed by atoms with Crippen molar-refractivity contribution in [3.63, 3.8) is 0 Å². The maximum absolute atomic E-state index is 12.8. The number of tetrazole rings is 1. The Labute approximate surface area is 159 Å². The van der Waals surface area contributed by atoms with Crippen LogP contribution in [0.25, 0.3) is 0 Å². The molecule has 142 valence electrons. The van der Waals surface area contributed by atoms with Gasteiger partial charge in [0.15, 0.2) is 11.5 Å². The first-order chi connectivity index (χ1) is 12.7. The number of hydrogen-bond donors (Lipinski definition) is 4. The van der Waals surface area contributed by atoms with Crippen molar-refractivity contribution in [1.82, 2.24) is 30.8 Å². The van der Waals surface area contributed by atoms with Gasteiger partial charge in [-0.05, 0) is 29.8 Å². The van der Waals surface area contributed by atoms with Gasteiger partial charge in [-0.2, -0.15) is 0 Å². The van der Waals surface area contributed by atoms with Gasteiger partial charge in [-0.3, -0.25) is 9.59 Å². The van der Waals surface area contributed by atoms with E-state index in [0.717, 1.165) is 0 Å². The summed E-state index contributed by atoms with van der Waals surface area (Å²) in [4.78, 5) is 27.2. The van der Waals surface area contributed by atoms with Crippen LogP contribution < -0.4 is 16.8 Å². The fourth-order valence-electron chi connectivity index (χ4n) is 3.58. The molecule has 0 aliphatic carbocycles. The summed E-state index contributed by atoms with van der Waals surface area (Å²) in [6, 6.07) is 7.65. The van der Waals surface area contributed by atoms with Gasteiger partial charge in [0.25, 0.3) is 5.91 Å². The summed E-state index contributed by atoms with van der Waals surface area (Å²) in [5.41, 5.74) is 10.8. The Morgan fingerprint density at radius 1 is 1.33 bits per heavy atom. The van der Waals surface area contributed by atoms with E-state index in [4.69, 9.17) is 11.5 Å². The van der Waals surface area contributed by atoms with Crippen molar-refractivity contribution >= 4 is 23.6 Å². The zero-order valence-corrected chi connectivity index (χ0v) is 15.6. The van der Waals surface area contributed by atoms with Crippen molar-refractivity contribution < 1.29 is 9.59 Å². The summed E-state index contributed by atoms with van der Waals surface area (Å²) in [5, 5.41) is 16.4. The molecular formula is C16H20N8O2S. The van der Waals surface area contributed by atoms with E-state index in [-0.39, 0.29) is 22.1 Å². The third kappa shape index (κ3) is 2.69. The SMILES string of the molecule is CC1(C)SC2C(NC(=O)C(N)(N)c3ccccc3)C(=O)N2C1c1nnn[nH]1. The summed E-state index contributed by atoms with van der Waals surface area (Å²) in [6.07, 6.45) is 0. The molecule has 2 aliphatic rings. The molecule has 0 bridgehead atoms. The minimum absolute atomic E-state index is 0.211. The quantitative estimate of drug-likeness (QED) is 0.391. The molecule has 3 heterocycles. The van der Waals surface area contributed by atoms with Gasteiger partial charge in [0, 0.05) is 4.75 Å². The van der Waals surface area contributed by atoms with Crippen molar-refractivity contribution in [2.75, 3.05) is 0 Å². The molecule has 2 aromatic rings. The molecule has 0 spiro atoms. The van der Waals surface area contributed by atoms with Crippen molar-refractivity contribution in [3.05, 3.63) is 41.7 Å². The van der Waals surface area contributed by atoms with Crippen LogP contribution in [0, 0.1) is 0 Å². The molecule has 2 aliphatic heterocycles. The summed E-state index contributed by atoms with van der Waals surface area (Å²) in [5.74, 6) is -0.295. The zero-order chi connectivity index (χ0) is 19.4. The number of nitrogens with one attached hydrogen (secondary N) is 2. The standard InChI is InChI=1S/C16H20N8O2S/c1-15(2)10(11-20-22-23-21-11)24-12(25)9(13(24)27-15)19-14(26)16(17,18)8-6-4-3-5-7-8/h3-7,9-10,13H,17-18H2,1-2H3,(H,19,26)(H,20,21,22,23). The molecule has 3 atom stereocenters. The molecule has 1 aromatic carbocycles. The summed E-state index contributed by atoms with van der Waals surface area (Å²) >= 11 is 1.58. The Morgan fingerprint density at radius 3 is 2.67 bits per heavy atom. The van der Waals surface area contributed by atoms with Crippen LogP contribution in [0.3, 0.4) is 0 Å². The highest BCUT2D eigenvalue weighted by atomic mass is 32.2. The lowest BCUT2D eigenvalue weighted by Crippen LogP contribution is -2.71. The van der Waals surface area contributed by atoms with Gasteiger partial charge in [0.2, 0.25) is 5.91 Å². The second-order valence-corrected chi connectivity index (χ2v) is 9.00. The first-order valence-electron chi connectivity index (χ1n) is 8.41. The lowest BCUT2D eigenvalue weighted by atomic mass is 9.94. The number of H-pyrrole nitrogens is 1.